The van der Waals surface area contributed by atoms with Crippen molar-refractivity contribution in [3.05, 3.63) is 0 Å². The lowest BCUT2D eigenvalue weighted by Gasteiger charge is -2.46. The minimum atomic E-state index is -0.808. The Morgan fingerprint density at radius 2 is 1.81 bits per heavy atom. The number of carboxylic acids is 1. The molecule has 5 heteroatoms. The van der Waals surface area contributed by atoms with Crippen LogP contribution in [0.3, 0.4) is 0 Å². The number of aliphatic carboxylic acids is 1. The van der Waals surface area contributed by atoms with Crippen LogP contribution >= 0.6 is 0 Å². The second kappa shape index (κ2) is 5.95. The van der Waals surface area contributed by atoms with Crippen LogP contribution in [0.2, 0.25) is 0 Å². The van der Waals surface area contributed by atoms with Crippen molar-refractivity contribution in [2.75, 3.05) is 26.7 Å². The summed E-state index contributed by atoms with van der Waals surface area (Å²) < 4.78 is 0. The first-order valence-corrected chi connectivity index (χ1v) is 7.99. The van der Waals surface area contributed by atoms with Gasteiger partial charge < -0.3 is 10.0 Å². The van der Waals surface area contributed by atoms with E-state index in [1.807, 2.05) is 4.90 Å². The van der Waals surface area contributed by atoms with Gasteiger partial charge >= 0.3 is 5.97 Å². The van der Waals surface area contributed by atoms with Gasteiger partial charge in [0.1, 0.15) is 0 Å². The Morgan fingerprint density at radius 3 is 2.33 bits per heavy atom. The van der Waals surface area contributed by atoms with Crippen molar-refractivity contribution < 1.29 is 14.7 Å². The quantitative estimate of drug-likeness (QED) is 0.860. The molecule has 0 radical (unpaired) electrons. The Hall–Kier alpha value is -1.10. The van der Waals surface area contributed by atoms with Gasteiger partial charge in [-0.2, -0.15) is 0 Å². The highest BCUT2D eigenvalue weighted by molar-refractivity contribution is 5.85. The van der Waals surface area contributed by atoms with Crippen molar-refractivity contribution in [1.29, 1.82) is 0 Å². The van der Waals surface area contributed by atoms with Gasteiger partial charge in [0, 0.05) is 25.2 Å². The number of hydrogen-bond acceptors (Lipinski definition) is 3. The summed E-state index contributed by atoms with van der Waals surface area (Å²) in [7, 11) is 2.07. The molecule has 0 aromatic carbocycles. The molecule has 1 saturated carbocycles. The fourth-order valence-electron chi connectivity index (χ4n) is 3.69. The average molecular weight is 296 g/mol. The molecule has 3 atom stereocenters. The van der Waals surface area contributed by atoms with Crippen LogP contribution in [0.1, 0.15) is 40.0 Å². The zero-order chi connectivity index (χ0) is 15.8. The number of nitrogens with zero attached hydrogens (tertiary/aromatic N) is 2. The van der Waals surface area contributed by atoms with Crippen LogP contribution in [0, 0.1) is 17.8 Å². The second-order valence-corrected chi connectivity index (χ2v) is 7.29. The van der Waals surface area contributed by atoms with Crippen molar-refractivity contribution >= 4 is 11.9 Å². The molecule has 21 heavy (non-hydrogen) atoms. The molecule has 1 saturated heterocycles. The monoisotopic (exact) mass is 296 g/mol. The molecule has 1 aliphatic carbocycles. The maximum atomic E-state index is 12.8. The second-order valence-electron chi connectivity index (χ2n) is 7.29. The summed E-state index contributed by atoms with van der Waals surface area (Å²) in [6.45, 7) is 8.57. The van der Waals surface area contributed by atoms with Crippen LogP contribution in [0.25, 0.3) is 0 Å². The number of likely N-dealkylation sites (N-methyl/N-ethyl adjacent to an activating group) is 1. The van der Waals surface area contributed by atoms with Gasteiger partial charge in [0.25, 0.3) is 0 Å². The number of piperazine rings is 1. The third-order valence-electron chi connectivity index (χ3n) is 5.50. The molecule has 120 valence electrons. The maximum absolute atomic E-state index is 12.8. The number of carboxylic acid groups (broad SMARTS) is 1. The third kappa shape index (κ3) is 3.23. The van der Waals surface area contributed by atoms with E-state index in [1.54, 1.807) is 0 Å². The lowest BCUT2D eigenvalue weighted by atomic mass is 9.92. The maximum Gasteiger partial charge on any atom is 0.307 e. The number of amides is 1. The fourth-order valence-corrected chi connectivity index (χ4v) is 3.69. The van der Waals surface area contributed by atoms with E-state index < -0.39 is 11.9 Å². The van der Waals surface area contributed by atoms with Crippen molar-refractivity contribution in [3.8, 4) is 0 Å². The molecule has 1 amide bonds. The molecule has 1 heterocycles. The molecule has 5 nitrogen and oxygen atoms in total. The minimum absolute atomic E-state index is 0.0462. The minimum Gasteiger partial charge on any atom is -0.481 e. The molecule has 0 spiro atoms. The molecular weight excluding hydrogens is 268 g/mol. The van der Waals surface area contributed by atoms with E-state index in [4.69, 9.17) is 0 Å². The predicted octanol–water partition coefficient (Wildman–Crippen LogP) is 1.68. The molecule has 1 aliphatic heterocycles. The smallest absolute Gasteiger partial charge is 0.307 e. The summed E-state index contributed by atoms with van der Waals surface area (Å²) in [6, 6.07) is 0. The summed E-state index contributed by atoms with van der Waals surface area (Å²) in [5, 5.41) is 9.41. The van der Waals surface area contributed by atoms with Crippen LogP contribution in [-0.4, -0.2) is 59.0 Å². The van der Waals surface area contributed by atoms with Gasteiger partial charge in [0.2, 0.25) is 5.91 Å². The third-order valence-corrected chi connectivity index (χ3v) is 5.50. The Kier molecular flexibility index (Phi) is 4.61. The molecule has 0 bridgehead atoms. The lowest BCUT2D eigenvalue weighted by Crippen LogP contribution is -2.60. The molecule has 2 aliphatic rings. The molecule has 0 aromatic rings. The fraction of sp³-hybridized carbons (Fsp3) is 0.875. The van der Waals surface area contributed by atoms with E-state index in [9.17, 15) is 14.7 Å². The number of carbonyl (C=O) groups excluding carboxylic acids is 1. The van der Waals surface area contributed by atoms with Crippen molar-refractivity contribution in [2.24, 2.45) is 17.8 Å². The largest absolute Gasteiger partial charge is 0.481 e. The molecule has 3 unspecified atom stereocenters. The van der Waals surface area contributed by atoms with Gasteiger partial charge in [-0.3, -0.25) is 14.5 Å². The SMILES string of the molecule is CCC1CC(C(=O)O)C(C(=O)N2CCN(C)C(C)(C)C2)C1. The van der Waals surface area contributed by atoms with Crippen molar-refractivity contribution in [2.45, 2.75) is 45.6 Å². The normalized spacial score (nSPS) is 33.1. The van der Waals surface area contributed by atoms with Crippen LogP contribution in [0.4, 0.5) is 0 Å². The van der Waals surface area contributed by atoms with Crippen molar-refractivity contribution in [3.63, 3.8) is 0 Å². The number of hydrogen-bond donors (Lipinski definition) is 1. The van der Waals surface area contributed by atoms with Crippen LogP contribution in [0.5, 0.6) is 0 Å². The highest BCUT2D eigenvalue weighted by atomic mass is 16.4. The van der Waals surface area contributed by atoms with E-state index in [0.717, 1.165) is 19.4 Å². The Bertz CT molecular complexity index is 422. The van der Waals surface area contributed by atoms with Gasteiger partial charge in [0.15, 0.2) is 0 Å². The van der Waals surface area contributed by atoms with Gasteiger partial charge in [0.05, 0.1) is 11.8 Å². The first-order valence-electron chi connectivity index (χ1n) is 7.99. The molecular formula is C16H28N2O3. The van der Waals surface area contributed by atoms with Gasteiger partial charge in [-0.1, -0.05) is 13.3 Å². The molecule has 1 N–H and O–H groups in total. The van der Waals surface area contributed by atoms with E-state index in [2.05, 4.69) is 32.7 Å². The van der Waals surface area contributed by atoms with E-state index in [0.29, 0.717) is 25.4 Å². The average Bonchev–Trinajstić information content (AvgIpc) is 2.85. The van der Waals surface area contributed by atoms with E-state index in [1.165, 1.54) is 0 Å². The standard InChI is InChI=1S/C16H28N2O3/c1-5-11-8-12(13(9-11)15(20)21)14(19)18-7-6-17(4)16(2,3)10-18/h11-13H,5-10H2,1-4H3,(H,20,21). The molecule has 2 rings (SSSR count). The number of rotatable bonds is 3. The van der Waals surface area contributed by atoms with Crippen LogP contribution in [0.15, 0.2) is 0 Å². The molecule has 0 aromatic heterocycles. The zero-order valence-corrected chi connectivity index (χ0v) is 13.6. The first kappa shape index (κ1) is 16.3. The summed E-state index contributed by atoms with van der Waals surface area (Å²) in [5.74, 6) is -1.20. The Morgan fingerprint density at radius 1 is 1.19 bits per heavy atom. The summed E-state index contributed by atoms with van der Waals surface area (Å²) in [6.07, 6.45) is 2.35. The Labute approximate surface area is 127 Å². The van der Waals surface area contributed by atoms with Crippen LogP contribution < -0.4 is 0 Å². The zero-order valence-electron chi connectivity index (χ0n) is 13.6. The van der Waals surface area contributed by atoms with Gasteiger partial charge in [-0.05, 0) is 39.7 Å². The highest BCUT2D eigenvalue weighted by Crippen LogP contribution is 2.39. The Balaban J connectivity index is 2.10. The van der Waals surface area contributed by atoms with Crippen LogP contribution in [-0.2, 0) is 9.59 Å². The lowest BCUT2D eigenvalue weighted by molar-refractivity contribution is -0.151. The summed E-state index contributed by atoms with van der Waals surface area (Å²) >= 11 is 0. The highest BCUT2D eigenvalue weighted by Gasteiger charge is 2.45. The van der Waals surface area contributed by atoms with Gasteiger partial charge in [-0.15, -0.1) is 0 Å². The predicted molar refractivity (Wildman–Crippen MR) is 80.9 cm³/mol. The van der Waals surface area contributed by atoms with Gasteiger partial charge in [-0.25, -0.2) is 0 Å². The topological polar surface area (TPSA) is 60.9 Å². The summed E-state index contributed by atoms with van der Waals surface area (Å²) in [4.78, 5) is 28.4. The summed E-state index contributed by atoms with van der Waals surface area (Å²) in [5.41, 5.74) is -0.0462. The van der Waals surface area contributed by atoms with Crippen molar-refractivity contribution in [1.82, 2.24) is 9.80 Å². The molecule has 2 fully saturated rings. The van der Waals surface area contributed by atoms with E-state index in [-0.39, 0.29) is 17.4 Å². The van der Waals surface area contributed by atoms with E-state index >= 15 is 0 Å². The number of carbonyl (C=O) groups is 2. The first-order chi connectivity index (χ1) is 9.76.